The van der Waals surface area contributed by atoms with E-state index >= 15 is 0 Å². The van der Waals surface area contributed by atoms with Crippen molar-refractivity contribution >= 4 is 34.9 Å². The zero-order valence-corrected chi connectivity index (χ0v) is 17.7. The molecular weight excluding hydrogens is 411 g/mol. The van der Waals surface area contributed by atoms with Crippen molar-refractivity contribution in [3.05, 3.63) is 63.4 Å². The van der Waals surface area contributed by atoms with Crippen LogP contribution in [-0.4, -0.2) is 57.0 Å². The largest absolute Gasteiger partial charge is 0.352 e. The minimum atomic E-state index is -0.108. The maximum absolute atomic E-state index is 12.8. The number of halogens is 2. The molecule has 1 aliphatic heterocycles. The molecule has 3 aromatic rings. The molecule has 0 saturated carbocycles. The van der Waals surface area contributed by atoms with Crippen LogP contribution < -0.4 is 4.90 Å². The van der Waals surface area contributed by atoms with Gasteiger partial charge >= 0.3 is 0 Å². The van der Waals surface area contributed by atoms with Gasteiger partial charge in [0.25, 0.3) is 5.91 Å². The third-order valence-electron chi connectivity index (χ3n) is 4.91. The molecule has 4 rings (SSSR count). The zero-order chi connectivity index (χ0) is 20.5. The van der Waals surface area contributed by atoms with Crippen LogP contribution in [0.3, 0.4) is 0 Å². The number of aryl methyl sites for hydroxylation is 2. The summed E-state index contributed by atoms with van der Waals surface area (Å²) in [6.07, 6.45) is 0. The first kappa shape index (κ1) is 19.7. The molecule has 29 heavy (non-hydrogen) atoms. The topological polar surface area (TPSA) is 67.2 Å². The van der Waals surface area contributed by atoms with E-state index in [0.29, 0.717) is 47.6 Å². The van der Waals surface area contributed by atoms with Gasteiger partial charge in [-0.1, -0.05) is 23.2 Å². The molecule has 0 unspecified atom stereocenters. The standard InChI is InChI=1S/C20H20Cl2N6O/c1-13-11-14(2)28(25-13)19-6-5-18(23-24-19)26-7-9-27(10-8-26)20(29)16-12-15(21)3-4-17(16)22/h3-6,11-12H,7-10H2,1-2H3. The van der Waals surface area contributed by atoms with Gasteiger partial charge in [0.15, 0.2) is 11.6 Å². The molecule has 1 aliphatic rings. The Hall–Kier alpha value is -2.64. The van der Waals surface area contributed by atoms with Crippen LogP contribution in [0.1, 0.15) is 21.7 Å². The van der Waals surface area contributed by atoms with Gasteiger partial charge in [-0.25, -0.2) is 4.68 Å². The Bertz CT molecular complexity index is 1040. The molecule has 1 amide bonds. The third-order valence-corrected chi connectivity index (χ3v) is 5.48. The third kappa shape index (κ3) is 4.06. The Labute approximate surface area is 178 Å². The molecule has 1 aromatic carbocycles. The van der Waals surface area contributed by atoms with E-state index in [2.05, 4.69) is 20.2 Å². The van der Waals surface area contributed by atoms with Gasteiger partial charge in [0.05, 0.1) is 16.3 Å². The molecule has 0 atom stereocenters. The summed E-state index contributed by atoms with van der Waals surface area (Å²) >= 11 is 12.2. The molecule has 0 bridgehead atoms. The van der Waals surface area contributed by atoms with Gasteiger partial charge in [-0.15, -0.1) is 10.2 Å². The summed E-state index contributed by atoms with van der Waals surface area (Å²) in [5.74, 6) is 1.36. The Kier molecular flexibility index (Phi) is 5.43. The van der Waals surface area contributed by atoms with Gasteiger partial charge in [-0.05, 0) is 50.2 Å². The van der Waals surface area contributed by atoms with Crippen molar-refractivity contribution in [2.75, 3.05) is 31.1 Å². The van der Waals surface area contributed by atoms with Gasteiger partial charge in [-0.3, -0.25) is 4.79 Å². The molecule has 0 spiro atoms. The monoisotopic (exact) mass is 430 g/mol. The highest BCUT2D eigenvalue weighted by Gasteiger charge is 2.24. The molecule has 3 heterocycles. The van der Waals surface area contributed by atoms with E-state index in [1.54, 1.807) is 27.8 Å². The van der Waals surface area contributed by atoms with Crippen LogP contribution in [-0.2, 0) is 0 Å². The number of piperazine rings is 1. The van der Waals surface area contributed by atoms with Crippen molar-refractivity contribution in [1.82, 2.24) is 24.9 Å². The summed E-state index contributed by atoms with van der Waals surface area (Å²) < 4.78 is 1.78. The second-order valence-corrected chi connectivity index (χ2v) is 7.84. The fourth-order valence-corrected chi connectivity index (χ4v) is 3.80. The minimum absolute atomic E-state index is 0.108. The first-order valence-electron chi connectivity index (χ1n) is 9.29. The number of nitrogens with zero attached hydrogens (tertiary/aromatic N) is 6. The fraction of sp³-hybridized carbons (Fsp3) is 0.300. The first-order chi connectivity index (χ1) is 13.9. The zero-order valence-electron chi connectivity index (χ0n) is 16.1. The summed E-state index contributed by atoms with van der Waals surface area (Å²) in [5.41, 5.74) is 2.38. The lowest BCUT2D eigenvalue weighted by molar-refractivity contribution is 0.0746. The number of carbonyl (C=O) groups excluding carboxylic acids is 1. The number of rotatable bonds is 3. The van der Waals surface area contributed by atoms with Gasteiger partial charge in [-0.2, -0.15) is 5.10 Å². The van der Waals surface area contributed by atoms with Gasteiger partial charge in [0, 0.05) is 36.9 Å². The highest BCUT2D eigenvalue weighted by Crippen LogP contribution is 2.23. The number of anilines is 1. The smallest absolute Gasteiger partial charge is 0.255 e. The summed E-state index contributed by atoms with van der Waals surface area (Å²) in [7, 11) is 0. The summed E-state index contributed by atoms with van der Waals surface area (Å²) in [6.45, 7) is 6.40. The average molecular weight is 431 g/mol. The second-order valence-electron chi connectivity index (χ2n) is 6.99. The van der Waals surface area contributed by atoms with Gasteiger partial charge in [0.1, 0.15) is 0 Å². The van der Waals surface area contributed by atoms with E-state index in [1.165, 1.54) is 0 Å². The molecular formula is C20H20Cl2N6O. The molecule has 7 nitrogen and oxygen atoms in total. The predicted octanol–water partition coefficient (Wildman–Crippen LogP) is 3.55. The molecule has 150 valence electrons. The highest BCUT2D eigenvalue weighted by atomic mass is 35.5. The van der Waals surface area contributed by atoms with Crippen LogP contribution in [0.25, 0.3) is 5.82 Å². The van der Waals surface area contributed by atoms with E-state index in [-0.39, 0.29) is 5.91 Å². The predicted molar refractivity (Wildman–Crippen MR) is 113 cm³/mol. The maximum Gasteiger partial charge on any atom is 0.255 e. The Balaban J connectivity index is 1.42. The van der Waals surface area contributed by atoms with E-state index in [4.69, 9.17) is 23.2 Å². The van der Waals surface area contributed by atoms with Crippen molar-refractivity contribution in [1.29, 1.82) is 0 Å². The number of hydrogen-bond acceptors (Lipinski definition) is 5. The lowest BCUT2D eigenvalue weighted by atomic mass is 10.1. The fourth-order valence-electron chi connectivity index (χ4n) is 3.43. The number of carbonyl (C=O) groups is 1. The van der Waals surface area contributed by atoms with Gasteiger partial charge < -0.3 is 9.80 Å². The Morgan fingerprint density at radius 3 is 2.24 bits per heavy atom. The molecule has 9 heteroatoms. The van der Waals surface area contributed by atoms with Crippen LogP contribution in [0.15, 0.2) is 36.4 Å². The van der Waals surface area contributed by atoms with E-state index in [9.17, 15) is 4.79 Å². The lowest BCUT2D eigenvalue weighted by Crippen LogP contribution is -2.49. The quantitative estimate of drug-likeness (QED) is 0.635. The number of benzene rings is 1. The van der Waals surface area contributed by atoms with Crippen LogP contribution >= 0.6 is 23.2 Å². The average Bonchev–Trinajstić information content (AvgIpc) is 3.07. The first-order valence-corrected chi connectivity index (χ1v) is 10.0. The van der Waals surface area contributed by atoms with Crippen LogP contribution in [0.5, 0.6) is 0 Å². The number of amides is 1. The van der Waals surface area contributed by atoms with Crippen LogP contribution in [0.4, 0.5) is 5.82 Å². The summed E-state index contributed by atoms with van der Waals surface area (Å²) in [5, 5.41) is 14.0. The normalized spacial score (nSPS) is 14.3. The molecule has 1 saturated heterocycles. The van der Waals surface area contributed by atoms with Crippen LogP contribution in [0.2, 0.25) is 10.0 Å². The summed E-state index contributed by atoms with van der Waals surface area (Å²) in [6, 6.07) is 10.8. The van der Waals surface area contributed by atoms with Crippen LogP contribution in [0, 0.1) is 13.8 Å². The van der Waals surface area contributed by atoms with Crippen molar-refractivity contribution in [2.24, 2.45) is 0 Å². The van der Waals surface area contributed by atoms with Gasteiger partial charge in [0.2, 0.25) is 0 Å². The summed E-state index contributed by atoms with van der Waals surface area (Å²) in [4.78, 5) is 16.7. The molecule has 1 fully saturated rings. The molecule has 0 aliphatic carbocycles. The second kappa shape index (κ2) is 8.00. The van der Waals surface area contributed by atoms with E-state index in [1.807, 2.05) is 32.0 Å². The maximum atomic E-state index is 12.8. The van der Waals surface area contributed by atoms with E-state index in [0.717, 1.165) is 17.2 Å². The van der Waals surface area contributed by atoms with Crippen molar-refractivity contribution in [2.45, 2.75) is 13.8 Å². The van der Waals surface area contributed by atoms with Crippen molar-refractivity contribution in [3.8, 4) is 5.82 Å². The SMILES string of the molecule is Cc1cc(C)n(-c2ccc(N3CCN(C(=O)c4cc(Cl)ccc4Cl)CC3)nn2)n1. The number of hydrogen-bond donors (Lipinski definition) is 0. The Morgan fingerprint density at radius 2 is 1.62 bits per heavy atom. The van der Waals surface area contributed by atoms with Crippen molar-refractivity contribution < 1.29 is 4.79 Å². The minimum Gasteiger partial charge on any atom is -0.352 e. The lowest BCUT2D eigenvalue weighted by Gasteiger charge is -2.35. The Morgan fingerprint density at radius 1 is 0.931 bits per heavy atom. The molecule has 2 aromatic heterocycles. The number of aromatic nitrogens is 4. The highest BCUT2D eigenvalue weighted by molar-refractivity contribution is 6.35. The van der Waals surface area contributed by atoms with E-state index < -0.39 is 0 Å². The van der Waals surface area contributed by atoms with Crippen molar-refractivity contribution in [3.63, 3.8) is 0 Å². The molecule has 0 N–H and O–H groups in total. The molecule has 0 radical (unpaired) electrons.